The summed E-state index contributed by atoms with van der Waals surface area (Å²) in [6.45, 7) is 1.52. The van der Waals surface area contributed by atoms with Crippen molar-refractivity contribution in [2.24, 2.45) is 0 Å². The van der Waals surface area contributed by atoms with Crippen molar-refractivity contribution < 1.29 is 32.6 Å². The summed E-state index contributed by atoms with van der Waals surface area (Å²) in [5, 5.41) is 6.52. The second kappa shape index (κ2) is 9.58. The van der Waals surface area contributed by atoms with Gasteiger partial charge in [-0.1, -0.05) is 30.3 Å². The summed E-state index contributed by atoms with van der Waals surface area (Å²) in [5.74, 6) is -2.22. The molecule has 3 heterocycles. The summed E-state index contributed by atoms with van der Waals surface area (Å²) in [5.41, 5.74) is 0.420. The van der Waals surface area contributed by atoms with Crippen LogP contribution in [0.15, 0.2) is 42.6 Å². The van der Waals surface area contributed by atoms with Crippen molar-refractivity contribution in [2.75, 3.05) is 19.5 Å². The van der Waals surface area contributed by atoms with Crippen molar-refractivity contribution in [1.29, 1.82) is 0 Å². The van der Waals surface area contributed by atoms with Crippen LogP contribution in [0.5, 0.6) is 0 Å². The van der Waals surface area contributed by atoms with Gasteiger partial charge in [0.25, 0.3) is 12.3 Å². The third-order valence-corrected chi connectivity index (χ3v) is 6.36. The molecule has 9 nitrogen and oxygen atoms in total. The van der Waals surface area contributed by atoms with Gasteiger partial charge in [-0.3, -0.25) is 4.79 Å². The van der Waals surface area contributed by atoms with Gasteiger partial charge in [0.2, 0.25) is 0 Å². The fraction of sp³-hybridized carbons (Fsp3) is 0.174. The summed E-state index contributed by atoms with van der Waals surface area (Å²) in [7, 11) is 2.35. The van der Waals surface area contributed by atoms with Gasteiger partial charge >= 0.3 is 11.9 Å². The lowest BCUT2D eigenvalue weighted by atomic mass is 10.1. The Bertz CT molecular complexity index is 1450. The van der Waals surface area contributed by atoms with E-state index >= 15 is 0 Å². The minimum atomic E-state index is -2.88. The maximum Gasteiger partial charge on any atom is 0.348 e. The Morgan fingerprint density at radius 2 is 1.77 bits per heavy atom. The van der Waals surface area contributed by atoms with Crippen LogP contribution in [0.25, 0.3) is 16.9 Å². The Morgan fingerprint density at radius 3 is 2.40 bits per heavy atom. The number of thiophene rings is 1. The maximum atomic E-state index is 13.8. The fourth-order valence-electron chi connectivity index (χ4n) is 3.47. The average molecular weight is 500 g/mol. The molecule has 0 atom stereocenters. The molecule has 0 saturated heterocycles. The number of anilines is 1. The molecule has 0 aliphatic heterocycles. The van der Waals surface area contributed by atoms with E-state index in [9.17, 15) is 23.2 Å². The van der Waals surface area contributed by atoms with E-state index in [1.807, 2.05) is 0 Å². The van der Waals surface area contributed by atoms with E-state index < -0.39 is 30.0 Å². The highest BCUT2D eigenvalue weighted by molar-refractivity contribution is 7.18. The number of benzene rings is 1. The van der Waals surface area contributed by atoms with Crippen molar-refractivity contribution >= 4 is 39.8 Å². The molecular formula is C23H18F2N4O5S. The summed E-state index contributed by atoms with van der Waals surface area (Å²) < 4.78 is 38.0. The van der Waals surface area contributed by atoms with Gasteiger partial charge in [0.05, 0.1) is 31.7 Å². The predicted molar refractivity (Wildman–Crippen MR) is 123 cm³/mol. The number of nitrogens with zero attached hydrogens (tertiary/aromatic N) is 3. The van der Waals surface area contributed by atoms with Crippen LogP contribution < -0.4 is 5.32 Å². The van der Waals surface area contributed by atoms with Crippen molar-refractivity contribution in [3.05, 3.63) is 69.9 Å². The lowest BCUT2D eigenvalue weighted by Gasteiger charge is -2.09. The Labute approximate surface area is 201 Å². The summed E-state index contributed by atoms with van der Waals surface area (Å²) in [6, 6.07) is 9.87. The molecule has 1 N–H and O–H groups in total. The van der Waals surface area contributed by atoms with Crippen LogP contribution in [0.3, 0.4) is 0 Å². The van der Waals surface area contributed by atoms with Crippen LogP contribution in [0.4, 0.5) is 13.8 Å². The third kappa shape index (κ3) is 4.35. The number of alkyl halides is 2. The molecule has 0 radical (unpaired) electrons. The summed E-state index contributed by atoms with van der Waals surface area (Å²) in [6.07, 6.45) is -1.77. The second-order valence-corrected chi connectivity index (χ2v) is 8.24. The Kier molecular flexibility index (Phi) is 6.56. The zero-order chi connectivity index (χ0) is 25.3. The van der Waals surface area contributed by atoms with E-state index in [0.717, 1.165) is 29.2 Å². The number of rotatable bonds is 6. The van der Waals surface area contributed by atoms with Gasteiger partial charge in [-0.15, -0.1) is 11.3 Å². The largest absolute Gasteiger partial charge is 0.465 e. The summed E-state index contributed by atoms with van der Waals surface area (Å²) >= 11 is 0.827. The topological polar surface area (TPSA) is 112 Å². The molecule has 3 aromatic heterocycles. The highest BCUT2D eigenvalue weighted by atomic mass is 32.1. The number of hydrogen-bond donors (Lipinski definition) is 1. The second-order valence-electron chi connectivity index (χ2n) is 7.22. The number of fused-ring (bicyclic) bond motifs is 1. The third-order valence-electron chi connectivity index (χ3n) is 5.17. The van der Waals surface area contributed by atoms with Crippen LogP contribution in [-0.4, -0.2) is 46.7 Å². The first kappa shape index (κ1) is 24.0. The quantitative estimate of drug-likeness (QED) is 0.387. The molecule has 4 rings (SSSR count). The standard InChI is InChI=1S/C23H18F2N4O5S/c1-11-16(22(31)33-2)21(35-17(11)23(32)34-3)28-20(30)13-10-26-29-15(18(24)25)9-14(27-19(13)29)12-7-5-4-6-8-12/h4-10,18H,1-3H3,(H,28,30). The molecule has 1 aromatic carbocycles. The molecule has 0 aliphatic carbocycles. The van der Waals surface area contributed by atoms with E-state index in [2.05, 4.69) is 15.4 Å². The van der Waals surface area contributed by atoms with Gasteiger partial charge in [-0.2, -0.15) is 5.10 Å². The Hall–Kier alpha value is -4.19. The highest BCUT2D eigenvalue weighted by Gasteiger charge is 2.28. The number of ether oxygens (including phenoxy) is 2. The van der Waals surface area contributed by atoms with Crippen LogP contribution in [0, 0.1) is 6.92 Å². The normalized spacial score (nSPS) is 11.0. The van der Waals surface area contributed by atoms with Gasteiger partial charge < -0.3 is 14.8 Å². The predicted octanol–water partition coefficient (Wildman–Crippen LogP) is 4.53. The molecule has 4 aromatic rings. The number of methoxy groups -OCH3 is 2. The first-order chi connectivity index (χ1) is 16.8. The van der Waals surface area contributed by atoms with E-state index in [0.29, 0.717) is 5.56 Å². The van der Waals surface area contributed by atoms with E-state index in [4.69, 9.17) is 9.47 Å². The van der Waals surface area contributed by atoms with Crippen LogP contribution in [0.2, 0.25) is 0 Å². The van der Waals surface area contributed by atoms with E-state index in [-0.39, 0.29) is 37.9 Å². The maximum absolute atomic E-state index is 13.8. The SMILES string of the molecule is COC(=O)c1sc(NC(=O)c2cnn3c(C(F)F)cc(-c4ccccc4)nc23)c(C(=O)OC)c1C. The van der Waals surface area contributed by atoms with Gasteiger partial charge in [0.15, 0.2) is 5.65 Å². The highest BCUT2D eigenvalue weighted by Crippen LogP contribution is 2.35. The smallest absolute Gasteiger partial charge is 0.348 e. The van der Waals surface area contributed by atoms with E-state index in [1.54, 1.807) is 30.3 Å². The lowest BCUT2D eigenvalue weighted by molar-refractivity contribution is 0.0601. The number of hydrogen-bond acceptors (Lipinski definition) is 8. The first-order valence-electron chi connectivity index (χ1n) is 10.1. The molecule has 0 bridgehead atoms. The summed E-state index contributed by atoms with van der Waals surface area (Å²) in [4.78, 5) is 42.1. The number of nitrogens with one attached hydrogen (secondary N) is 1. The number of carbonyl (C=O) groups excluding carboxylic acids is 3. The number of amides is 1. The molecule has 180 valence electrons. The lowest BCUT2D eigenvalue weighted by Crippen LogP contribution is -2.15. The monoisotopic (exact) mass is 500 g/mol. The van der Waals surface area contributed by atoms with Crippen LogP contribution >= 0.6 is 11.3 Å². The molecule has 0 saturated carbocycles. The van der Waals surface area contributed by atoms with Gasteiger partial charge in [0.1, 0.15) is 21.1 Å². The van der Waals surface area contributed by atoms with Crippen molar-refractivity contribution in [3.63, 3.8) is 0 Å². The van der Waals surface area contributed by atoms with Crippen molar-refractivity contribution in [1.82, 2.24) is 14.6 Å². The number of esters is 2. The first-order valence-corrected chi connectivity index (χ1v) is 10.9. The number of carbonyl (C=O) groups is 3. The zero-order valence-electron chi connectivity index (χ0n) is 18.7. The average Bonchev–Trinajstić information content (AvgIpc) is 3.43. The molecule has 1 amide bonds. The van der Waals surface area contributed by atoms with Gasteiger partial charge in [0, 0.05) is 5.56 Å². The molecule has 0 unspecified atom stereocenters. The zero-order valence-corrected chi connectivity index (χ0v) is 19.5. The van der Waals surface area contributed by atoms with Gasteiger partial charge in [-0.05, 0) is 18.6 Å². The number of halogens is 2. The minimum Gasteiger partial charge on any atom is -0.465 e. The van der Waals surface area contributed by atoms with Crippen LogP contribution in [0.1, 0.15) is 48.1 Å². The fourth-order valence-corrected chi connectivity index (χ4v) is 4.57. The number of aromatic nitrogens is 3. The molecule has 35 heavy (non-hydrogen) atoms. The Balaban J connectivity index is 1.81. The van der Waals surface area contributed by atoms with Crippen molar-refractivity contribution in [3.8, 4) is 11.3 Å². The minimum absolute atomic E-state index is 0.0195. The molecular weight excluding hydrogens is 482 g/mol. The molecule has 0 aliphatic rings. The van der Waals surface area contributed by atoms with E-state index in [1.165, 1.54) is 20.1 Å². The molecule has 12 heteroatoms. The Morgan fingerprint density at radius 1 is 1.09 bits per heavy atom. The van der Waals surface area contributed by atoms with Crippen LogP contribution in [-0.2, 0) is 9.47 Å². The molecule has 0 spiro atoms. The molecule has 0 fully saturated rings. The van der Waals surface area contributed by atoms with Gasteiger partial charge in [-0.25, -0.2) is 27.9 Å². The van der Waals surface area contributed by atoms with Crippen molar-refractivity contribution in [2.45, 2.75) is 13.3 Å².